The molecule has 0 radical (unpaired) electrons. The van der Waals surface area contributed by atoms with Crippen molar-refractivity contribution in [3.63, 3.8) is 0 Å². The lowest BCUT2D eigenvalue weighted by Crippen LogP contribution is -2.42. The Balaban J connectivity index is 1.77. The first-order chi connectivity index (χ1) is 11.5. The van der Waals surface area contributed by atoms with Gasteiger partial charge in [0, 0.05) is 31.2 Å². The van der Waals surface area contributed by atoms with Gasteiger partial charge < -0.3 is 9.64 Å². The molecule has 0 saturated carbocycles. The SMILES string of the molecule is CC1CCCCN1S(=O)(=O)c1ccc(C(=O)N2CCOCC2)cc1. The number of nitrogens with zero attached hydrogens (tertiary/aromatic N) is 2. The van der Waals surface area contributed by atoms with Gasteiger partial charge in [0.05, 0.1) is 18.1 Å². The Labute approximate surface area is 143 Å². The molecule has 2 fully saturated rings. The topological polar surface area (TPSA) is 66.9 Å². The Hall–Kier alpha value is -1.44. The van der Waals surface area contributed by atoms with Crippen molar-refractivity contribution >= 4 is 15.9 Å². The fourth-order valence-corrected chi connectivity index (χ4v) is 4.98. The highest BCUT2D eigenvalue weighted by Crippen LogP contribution is 2.25. The quantitative estimate of drug-likeness (QED) is 0.831. The van der Waals surface area contributed by atoms with Crippen LogP contribution in [0.4, 0.5) is 0 Å². The number of amides is 1. The number of benzene rings is 1. The van der Waals surface area contributed by atoms with Crippen LogP contribution in [0.25, 0.3) is 0 Å². The minimum absolute atomic E-state index is 0.0263. The zero-order chi connectivity index (χ0) is 17.2. The molecule has 1 aromatic rings. The molecule has 1 aromatic carbocycles. The van der Waals surface area contributed by atoms with Crippen LogP contribution in [0.2, 0.25) is 0 Å². The molecule has 2 aliphatic heterocycles. The number of carbonyl (C=O) groups excluding carboxylic acids is 1. The van der Waals surface area contributed by atoms with E-state index < -0.39 is 10.0 Å². The maximum absolute atomic E-state index is 12.8. The van der Waals surface area contributed by atoms with Crippen LogP contribution in [0.3, 0.4) is 0 Å². The number of morpholine rings is 1. The number of sulfonamides is 1. The summed E-state index contributed by atoms with van der Waals surface area (Å²) in [4.78, 5) is 14.4. The summed E-state index contributed by atoms with van der Waals surface area (Å²) in [6, 6.07) is 6.34. The van der Waals surface area contributed by atoms with E-state index in [4.69, 9.17) is 4.74 Å². The molecule has 2 saturated heterocycles. The number of carbonyl (C=O) groups is 1. The molecule has 0 N–H and O–H groups in total. The maximum atomic E-state index is 12.8. The largest absolute Gasteiger partial charge is 0.378 e. The Morgan fingerprint density at radius 2 is 1.75 bits per heavy atom. The van der Waals surface area contributed by atoms with Crippen molar-refractivity contribution in [1.29, 1.82) is 0 Å². The number of hydrogen-bond acceptors (Lipinski definition) is 4. The molecule has 0 aromatic heterocycles. The van der Waals surface area contributed by atoms with Crippen molar-refractivity contribution in [3.8, 4) is 0 Å². The first-order valence-corrected chi connectivity index (χ1v) is 9.93. The van der Waals surface area contributed by atoms with Crippen LogP contribution in [-0.2, 0) is 14.8 Å². The lowest BCUT2D eigenvalue weighted by molar-refractivity contribution is 0.0303. The lowest BCUT2D eigenvalue weighted by atomic mass is 10.1. The van der Waals surface area contributed by atoms with Gasteiger partial charge >= 0.3 is 0 Å². The third-order valence-corrected chi connectivity index (χ3v) is 6.78. The van der Waals surface area contributed by atoms with Gasteiger partial charge in [0.1, 0.15) is 0 Å². The number of ether oxygens (including phenoxy) is 1. The van der Waals surface area contributed by atoms with Crippen LogP contribution in [-0.4, -0.2) is 62.4 Å². The Kier molecular flexibility index (Phi) is 5.22. The Morgan fingerprint density at radius 3 is 2.38 bits per heavy atom. The highest BCUT2D eigenvalue weighted by Gasteiger charge is 2.31. The van der Waals surface area contributed by atoms with E-state index in [0.717, 1.165) is 19.3 Å². The zero-order valence-corrected chi connectivity index (χ0v) is 14.8. The van der Waals surface area contributed by atoms with Crippen LogP contribution in [0.1, 0.15) is 36.5 Å². The van der Waals surface area contributed by atoms with Gasteiger partial charge in [-0.15, -0.1) is 0 Å². The van der Waals surface area contributed by atoms with Crippen molar-refractivity contribution in [3.05, 3.63) is 29.8 Å². The summed E-state index contributed by atoms with van der Waals surface area (Å²) in [5.74, 6) is -0.0754. The second-order valence-corrected chi connectivity index (χ2v) is 8.28. The predicted octanol–water partition coefficient (Wildman–Crippen LogP) is 1.72. The highest BCUT2D eigenvalue weighted by molar-refractivity contribution is 7.89. The van der Waals surface area contributed by atoms with E-state index in [1.165, 1.54) is 0 Å². The van der Waals surface area contributed by atoms with Crippen LogP contribution >= 0.6 is 0 Å². The van der Waals surface area contributed by atoms with E-state index >= 15 is 0 Å². The monoisotopic (exact) mass is 352 g/mol. The van der Waals surface area contributed by atoms with Crippen LogP contribution in [0, 0.1) is 0 Å². The highest BCUT2D eigenvalue weighted by atomic mass is 32.2. The van der Waals surface area contributed by atoms with Crippen LogP contribution in [0.15, 0.2) is 29.2 Å². The average molecular weight is 352 g/mol. The molecule has 1 unspecified atom stereocenters. The van der Waals surface area contributed by atoms with Crippen molar-refractivity contribution in [2.45, 2.75) is 37.1 Å². The van der Waals surface area contributed by atoms with E-state index in [1.807, 2.05) is 6.92 Å². The molecule has 24 heavy (non-hydrogen) atoms. The maximum Gasteiger partial charge on any atom is 0.254 e. The molecule has 1 atom stereocenters. The normalized spacial score (nSPS) is 23.2. The molecule has 7 heteroatoms. The fourth-order valence-electron chi connectivity index (χ4n) is 3.28. The van der Waals surface area contributed by atoms with Gasteiger partial charge in [0.15, 0.2) is 0 Å². The first-order valence-electron chi connectivity index (χ1n) is 8.49. The number of rotatable bonds is 3. The van der Waals surface area contributed by atoms with Gasteiger partial charge in [-0.1, -0.05) is 6.42 Å². The third kappa shape index (κ3) is 3.48. The van der Waals surface area contributed by atoms with Crippen molar-refractivity contribution in [1.82, 2.24) is 9.21 Å². The van der Waals surface area contributed by atoms with Crippen LogP contribution < -0.4 is 0 Å². The standard InChI is InChI=1S/C17H24N2O4S/c1-14-4-2-3-9-19(14)24(21,22)16-7-5-15(6-8-16)17(20)18-10-12-23-13-11-18/h5-8,14H,2-4,9-13H2,1H3. The molecule has 3 rings (SSSR count). The van der Waals surface area contributed by atoms with Gasteiger partial charge in [0.2, 0.25) is 10.0 Å². The predicted molar refractivity (Wildman–Crippen MR) is 90.4 cm³/mol. The molecule has 0 spiro atoms. The molecule has 132 valence electrons. The molecule has 2 heterocycles. The first kappa shape index (κ1) is 17.4. The Bertz CT molecular complexity index is 681. The summed E-state index contributed by atoms with van der Waals surface area (Å²) in [5.41, 5.74) is 0.516. The van der Waals surface area contributed by atoms with Gasteiger partial charge in [-0.3, -0.25) is 4.79 Å². The van der Waals surface area contributed by atoms with Gasteiger partial charge in [-0.2, -0.15) is 4.31 Å². The minimum Gasteiger partial charge on any atom is -0.378 e. The van der Waals surface area contributed by atoms with Gasteiger partial charge in [0.25, 0.3) is 5.91 Å². The average Bonchev–Trinajstić information content (AvgIpc) is 2.62. The van der Waals surface area contributed by atoms with E-state index in [0.29, 0.717) is 38.4 Å². The van der Waals surface area contributed by atoms with Crippen LogP contribution in [0.5, 0.6) is 0 Å². The summed E-state index contributed by atoms with van der Waals surface area (Å²) in [5, 5.41) is 0. The summed E-state index contributed by atoms with van der Waals surface area (Å²) in [7, 11) is -3.49. The fraction of sp³-hybridized carbons (Fsp3) is 0.588. The van der Waals surface area contributed by atoms with E-state index in [2.05, 4.69) is 0 Å². The van der Waals surface area contributed by atoms with E-state index in [-0.39, 0.29) is 16.8 Å². The zero-order valence-electron chi connectivity index (χ0n) is 14.0. The lowest BCUT2D eigenvalue weighted by Gasteiger charge is -2.32. The molecule has 0 bridgehead atoms. The molecule has 1 amide bonds. The molecular formula is C17H24N2O4S. The second kappa shape index (κ2) is 7.21. The number of piperidine rings is 1. The van der Waals surface area contributed by atoms with Crippen molar-refractivity contribution in [2.24, 2.45) is 0 Å². The van der Waals surface area contributed by atoms with Crippen molar-refractivity contribution < 1.29 is 17.9 Å². The second-order valence-electron chi connectivity index (χ2n) is 6.39. The van der Waals surface area contributed by atoms with Crippen molar-refractivity contribution in [2.75, 3.05) is 32.8 Å². The smallest absolute Gasteiger partial charge is 0.254 e. The molecule has 2 aliphatic rings. The van der Waals surface area contributed by atoms with Gasteiger partial charge in [-0.05, 0) is 44.0 Å². The number of hydrogen-bond donors (Lipinski definition) is 0. The molecule has 6 nitrogen and oxygen atoms in total. The Morgan fingerprint density at radius 1 is 1.08 bits per heavy atom. The summed E-state index contributed by atoms with van der Waals surface area (Å²) >= 11 is 0. The van der Waals surface area contributed by atoms with Gasteiger partial charge in [-0.25, -0.2) is 8.42 Å². The molecule has 0 aliphatic carbocycles. The summed E-state index contributed by atoms with van der Waals surface area (Å²) < 4.78 is 32.4. The van der Waals surface area contributed by atoms with E-state index in [9.17, 15) is 13.2 Å². The van der Waals surface area contributed by atoms with E-state index in [1.54, 1.807) is 33.5 Å². The third-order valence-electron chi connectivity index (χ3n) is 4.75. The summed E-state index contributed by atoms with van der Waals surface area (Å²) in [6.45, 7) is 4.76. The molecular weight excluding hydrogens is 328 g/mol. The summed E-state index contributed by atoms with van der Waals surface area (Å²) in [6.07, 6.45) is 2.87. The minimum atomic E-state index is -3.49.